The molecule has 0 bridgehead atoms. The molecule has 0 spiro atoms. The van der Waals surface area contributed by atoms with Crippen molar-refractivity contribution < 1.29 is 49.0 Å². The standard InChI is InChI=1S/C28H33.C13H10.2ClH.Zr/c1-6-19-15-16-23-21(17-19)18-24-26(23)22(7-2)25(8-3)28(9-4,10-5)27(24)20-13-11-12-14-20;1-3-7-12(8-4-1)11-13-9-5-2-6-10-13;;;/h11-13,15-17H,6-10,14H2,1-5H3;1-10H;2*1H;/q-1;;;;+2/p-2. The van der Waals surface area contributed by atoms with E-state index in [2.05, 4.69) is 138 Å². The van der Waals surface area contributed by atoms with Gasteiger partial charge in [-0.05, 0) is 43.9 Å². The summed E-state index contributed by atoms with van der Waals surface area (Å²) in [5.74, 6) is 0. The number of fused-ring (bicyclic) bond motifs is 2. The zero-order valence-corrected chi connectivity index (χ0v) is 30.7. The molecule has 0 unspecified atom stereocenters. The summed E-state index contributed by atoms with van der Waals surface area (Å²) >= 11 is 1.46. The summed E-state index contributed by atoms with van der Waals surface area (Å²) in [5, 5.41) is 2.71. The Balaban J connectivity index is 0.000000280. The number of benzene rings is 3. The van der Waals surface area contributed by atoms with Crippen LogP contribution in [0.25, 0.3) is 11.6 Å². The van der Waals surface area contributed by atoms with E-state index in [1.807, 2.05) is 0 Å². The fraction of sp³-hybridized carbons (Fsp3) is 0.293. The van der Waals surface area contributed by atoms with Crippen LogP contribution in [-0.2, 0) is 30.7 Å². The molecule has 0 nitrogen and oxygen atoms in total. The fourth-order valence-corrected chi connectivity index (χ4v) is 8.06. The van der Waals surface area contributed by atoms with Crippen molar-refractivity contribution in [1.82, 2.24) is 0 Å². The van der Waals surface area contributed by atoms with Gasteiger partial charge in [0.25, 0.3) is 0 Å². The quantitative estimate of drug-likeness (QED) is 0.318. The van der Waals surface area contributed by atoms with Gasteiger partial charge in [-0.25, -0.2) is 0 Å². The number of hydrogen-bond acceptors (Lipinski definition) is 0. The van der Waals surface area contributed by atoms with Gasteiger partial charge in [-0.1, -0.05) is 92.8 Å². The van der Waals surface area contributed by atoms with Gasteiger partial charge in [0, 0.05) is 0 Å². The molecule has 44 heavy (non-hydrogen) atoms. The van der Waals surface area contributed by atoms with Gasteiger partial charge in [0.05, 0.1) is 0 Å². The van der Waals surface area contributed by atoms with Crippen LogP contribution in [-0.4, -0.2) is 3.21 Å². The molecule has 226 valence electrons. The monoisotopic (exact) mass is 695 g/mol. The molecule has 3 aromatic rings. The van der Waals surface area contributed by atoms with Crippen LogP contribution < -0.4 is 35.3 Å². The van der Waals surface area contributed by atoms with Crippen molar-refractivity contribution in [3.63, 3.8) is 0 Å². The molecular weight excluding hydrogens is 655 g/mol. The summed E-state index contributed by atoms with van der Waals surface area (Å²) in [4.78, 5) is 0. The Hall–Kier alpha value is -2.31. The molecule has 0 saturated heterocycles. The summed E-state index contributed by atoms with van der Waals surface area (Å²) in [5.41, 5.74) is 13.4. The average Bonchev–Trinajstić information content (AvgIpc) is 3.72. The first-order chi connectivity index (χ1) is 20.5. The Bertz CT molecular complexity index is 1670. The predicted molar refractivity (Wildman–Crippen MR) is 177 cm³/mol. The van der Waals surface area contributed by atoms with Crippen molar-refractivity contribution in [1.29, 1.82) is 0 Å². The van der Waals surface area contributed by atoms with Gasteiger partial charge in [-0.15, -0.1) is 33.7 Å². The molecule has 3 heteroatoms. The van der Waals surface area contributed by atoms with Crippen molar-refractivity contribution in [2.24, 2.45) is 5.41 Å². The maximum atomic E-state index is 3.91. The summed E-state index contributed by atoms with van der Waals surface area (Å²) in [6.45, 7) is 11.7. The van der Waals surface area contributed by atoms with E-state index in [0.717, 1.165) is 38.5 Å². The van der Waals surface area contributed by atoms with Gasteiger partial charge >= 0.3 is 99.2 Å². The molecule has 0 N–H and O–H groups in total. The number of aryl methyl sites for hydroxylation is 1. The molecule has 0 heterocycles. The van der Waals surface area contributed by atoms with Crippen LogP contribution in [0.4, 0.5) is 0 Å². The fourth-order valence-electron chi connectivity index (χ4n) is 7.24. The van der Waals surface area contributed by atoms with Crippen molar-refractivity contribution >= 4 is 14.9 Å². The number of halogens is 2. The average molecular weight is 698 g/mol. The second-order valence-corrected chi connectivity index (χ2v) is 12.6. The van der Waals surface area contributed by atoms with E-state index >= 15 is 0 Å². The molecule has 0 fully saturated rings. The normalized spacial score (nSPS) is 15.7. The second kappa shape index (κ2) is 16.3. The summed E-state index contributed by atoms with van der Waals surface area (Å²) < 4.78 is 1.42. The minimum atomic E-state index is 0. The Morgan fingerprint density at radius 3 is 1.86 bits per heavy atom. The molecular formula is C41H43Cl2Zr-. The van der Waals surface area contributed by atoms with Crippen LogP contribution in [0.5, 0.6) is 0 Å². The zero-order valence-electron chi connectivity index (χ0n) is 26.7. The van der Waals surface area contributed by atoms with E-state index in [9.17, 15) is 0 Å². The predicted octanol–water partition coefficient (Wildman–Crippen LogP) is 3.00. The van der Waals surface area contributed by atoms with Gasteiger partial charge in [-0.3, -0.25) is 0 Å². The Kier molecular flexibility index (Phi) is 13.4. The van der Waals surface area contributed by atoms with Crippen LogP contribution in [0.2, 0.25) is 0 Å². The molecule has 0 saturated carbocycles. The van der Waals surface area contributed by atoms with Gasteiger partial charge in [0.15, 0.2) is 0 Å². The number of rotatable bonds is 8. The van der Waals surface area contributed by atoms with Crippen molar-refractivity contribution in [2.75, 3.05) is 0 Å². The molecule has 3 aliphatic rings. The summed E-state index contributed by atoms with van der Waals surface area (Å²) in [7, 11) is 0. The number of hydrogen-bond donors (Lipinski definition) is 0. The Morgan fingerprint density at radius 2 is 1.39 bits per heavy atom. The van der Waals surface area contributed by atoms with Crippen molar-refractivity contribution in [2.45, 2.75) is 73.1 Å². The van der Waals surface area contributed by atoms with E-state index in [-0.39, 0.29) is 30.2 Å². The molecule has 0 aliphatic heterocycles. The van der Waals surface area contributed by atoms with Gasteiger partial charge < -0.3 is 24.8 Å². The summed E-state index contributed by atoms with van der Waals surface area (Å²) in [6.07, 6.45) is 17.5. The molecule has 0 amide bonds. The van der Waals surface area contributed by atoms with E-state index in [4.69, 9.17) is 0 Å². The summed E-state index contributed by atoms with van der Waals surface area (Å²) in [6, 6.07) is 28.1. The maximum absolute atomic E-state index is 3.91. The van der Waals surface area contributed by atoms with Crippen LogP contribution in [0.15, 0.2) is 125 Å². The van der Waals surface area contributed by atoms with E-state index < -0.39 is 0 Å². The molecule has 0 aromatic heterocycles. The Morgan fingerprint density at radius 1 is 0.773 bits per heavy atom. The third-order valence-corrected chi connectivity index (χ3v) is 10.8. The minimum absolute atomic E-state index is 0. The van der Waals surface area contributed by atoms with E-state index in [0.29, 0.717) is 0 Å². The van der Waals surface area contributed by atoms with E-state index in [1.165, 1.54) is 71.3 Å². The molecule has 3 aromatic carbocycles. The van der Waals surface area contributed by atoms with Crippen molar-refractivity contribution in [3.8, 4) is 0 Å². The first kappa shape index (κ1) is 36.2. The van der Waals surface area contributed by atoms with Crippen LogP contribution in [0.1, 0.15) is 83.4 Å². The Labute approximate surface area is 292 Å². The van der Waals surface area contributed by atoms with Gasteiger partial charge in [-0.2, -0.15) is 0 Å². The topological polar surface area (TPSA) is 0 Å². The SMILES string of the molecule is CCC1=C(CC)C(CC)(CC)C(C2=CC=CC2)=C2[C-]=c3cc(CC)ccc3=C21.[Cl-].[Cl-].[Zr+2]=[C](c1ccccc1)c1ccccc1. The van der Waals surface area contributed by atoms with Crippen LogP contribution >= 0.6 is 0 Å². The molecule has 0 radical (unpaired) electrons. The third kappa shape index (κ3) is 6.77. The van der Waals surface area contributed by atoms with Gasteiger partial charge in [0.1, 0.15) is 0 Å². The first-order valence-electron chi connectivity index (χ1n) is 15.8. The number of allylic oxidation sites excluding steroid dienone is 8. The van der Waals surface area contributed by atoms with E-state index in [1.54, 1.807) is 16.7 Å². The molecule has 6 rings (SSSR count). The van der Waals surface area contributed by atoms with Gasteiger partial charge in [0.2, 0.25) is 0 Å². The zero-order chi connectivity index (χ0) is 29.7. The second-order valence-electron chi connectivity index (χ2n) is 11.4. The molecule has 0 atom stereocenters. The first-order valence-corrected chi connectivity index (χ1v) is 17.1. The van der Waals surface area contributed by atoms with Crippen LogP contribution in [0, 0.1) is 5.41 Å². The van der Waals surface area contributed by atoms with Crippen molar-refractivity contribution in [3.05, 3.63) is 152 Å². The van der Waals surface area contributed by atoms with Crippen LogP contribution in [0.3, 0.4) is 0 Å². The third-order valence-electron chi connectivity index (χ3n) is 9.38. The molecule has 3 aliphatic carbocycles.